The normalized spacial score (nSPS) is 18.8. The van der Waals surface area contributed by atoms with Crippen LogP contribution in [0.3, 0.4) is 0 Å². The van der Waals surface area contributed by atoms with Gasteiger partial charge < -0.3 is 9.84 Å². The minimum absolute atomic E-state index is 0.224. The summed E-state index contributed by atoms with van der Waals surface area (Å²) in [7, 11) is 0. The molecule has 0 saturated carbocycles. The molecule has 1 N–H and O–H groups in total. The van der Waals surface area contributed by atoms with Crippen LogP contribution in [0.5, 0.6) is 0 Å². The van der Waals surface area contributed by atoms with Gasteiger partial charge in [0.05, 0.1) is 0 Å². The highest BCUT2D eigenvalue weighted by molar-refractivity contribution is 9.10. The van der Waals surface area contributed by atoms with Crippen molar-refractivity contribution in [1.29, 1.82) is 0 Å². The highest BCUT2D eigenvalue weighted by Gasteiger charge is 2.24. The van der Waals surface area contributed by atoms with Crippen LogP contribution in [0, 0.1) is 0 Å². The van der Waals surface area contributed by atoms with E-state index in [-0.39, 0.29) is 6.23 Å². The topological polar surface area (TPSA) is 77.2 Å². The molecule has 2 aromatic rings. The Labute approximate surface area is 141 Å². The number of hydrogen-bond donors (Lipinski definition) is 1. The molecule has 1 atom stereocenters. The van der Waals surface area contributed by atoms with E-state index < -0.39 is 5.97 Å². The van der Waals surface area contributed by atoms with Crippen LogP contribution < -0.4 is 0 Å². The first-order valence-corrected chi connectivity index (χ1v) is 8.18. The van der Waals surface area contributed by atoms with Crippen LogP contribution in [-0.4, -0.2) is 32.4 Å². The van der Waals surface area contributed by atoms with Crippen LogP contribution in [-0.2, 0) is 9.53 Å². The van der Waals surface area contributed by atoms with Gasteiger partial charge in [-0.3, -0.25) is 0 Å². The third kappa shape index (κ3) is 3.68. The first kappa shape index (κ1) is 15.9. The highest BCUT2D eigenvalue weighted by atomic mass is 79.9. The van der Waals surface area contributed by atoms with Crippen molar-refractivity contribution in [2.24, 2.45) is 0 Å². The quantitative estimate of drug-likeness (QED) is 0.827. The van der Waals surface area contributed by atoms with E-state index >= 15 is 0 Å². The Balaban J connectivity index is 2.08. The van der Waals surface area contributed by atoms with Gasteiger partial charge in [-0.05, 0) is 40.8 Å². The van der Waals surface area contributed by atoms with E-state index in [4.69, 9.17) is 4.74 Å². The molecule has 1 aliphatic heterocycles. The average Bonchev–Trinajstić information content (AvgIpc) is 2.96. The van der Waals surface area contributed by atoms with Gasteiger partial charge in [-0.25, -0.2) is 14.5 Å². The van der Waals surface area contributed by atoms with Gasteiger partial charge in [0.25, 0.3) is 0 Å². The lowest BCUT2D eigenvalue weighted by molar-refractivity contribution is -0.131. The predicted molar refractivity (Wildman–Crippen MR) is 87.7 cm³/mol. The van der Waals surface area contributed by atoms with Gasteiger partial charge in [-0.1, -0.05) is 30.3 Å². The number of ether oxygens (including phenoxy) is 1. The van der Waals surface area contributed by atoms with Crippen molar-refractivity contribution in [3.8, 4) is 0 Å². The fourth-order valence-corrected chi connectivity index (χ4v) is 2.96. The van der Waals surface area contributed by atoms with Crippen molar-refractivity contribution in [1.82, 2.24) is 14.8 Å². The van der Waals surface area contributed by atoms with E-state index in [0.29, 0.717) is 22.7 Å². The summed E-state index contributed by atoms with van der Waals surface area (Å²) in [6.07, 6.45) is 3.84. The lowest BCUT2D eigenvalue weighted by Gasteiger charge is -2.24. The molecule has 0 bridgehead atoms. The molecule has 0 amide bonds. The third-order valence-corrected chi connectivity index (χ3v) is 3.96. The third-order valence-electron chi connectivity index (χ3n) is 3.63. The smallest absolute Gasteiger partial charge is 0.329 e. The van der Waals surface area contributed by atoms with E-state index in [9.17, 15) is 9.90 Å². The minimum Gasteiger partial charge on any atom is -0.478 e. The van der Waals surface area contributed by atoms with Gasteiger partial charge in [0, 0.05) is 18.3 Å². The summed E-state index contributed by atoms with van der Waals surface area (Å²) >= 11 is 3.28. The number of hydrogen-bond acceptors (Lipinski definition) is 4. The molecular weight excluding hydrogens is 362 g/mol. The Morgan fingerprint density at radius 1 is 1.35 bits per heavy atom. The van der Waals surface area contributed by atoms with Crippen molar-refractivity contribution in [3.63, 3.8) is 0 Å². The molecule has 0 radical (unpaired) electrons. The highest BCUT2D eigenvalue weighted by Crippen LogP contribution is 2.29. The van der Waals surface area contributed by atoms with Crippen LogP contribution in [0.2, 0.25) is 0 Å². The summed E-state index contributed by atoms with van der Waals surface area (Å²) in [5, 5.41) is 13.6. The summed E-state index contributed by atoms with van der Waals surface area (Å²) in [4.78, 5) is 15.6. The van der Waals surface area contributed by atoms with Gasteiger partial charge in [0.2, 0.25) is 4.73 Å². The summed E-state index contributed by atoms with van der Waals surface area (Å²) < 4.78 is 7.86. The number of benzene rings is 1. The Morgan fingerprint density at radius 2 is 2.13 bits per heavy atom. The molecule has 1 unspecified atom stereocenters. The molecule has 1 aromatic carbocycles. The molecule has 6 nitrogen and oxygen atoms in total. The van der Waals surface area contributed by atoms with Crippen LogP contribution in [0.25, 0.3) is 5.57 Å². The van der Waals surface area contributed by atoms with Crippen LogP contribution in [0.4, 0.5) is 0 Å². The number of carbonyl (C=O) groups is 1. The molecule has 1 aliphatic rings. The summed E-state index contributed by atoms with van der Waals surface area (Å²) in [5.74, 6) is -0.545. The van der Waals surface area contributed by atoms with Gasteiger partial charge in [-0.15, -0.1) is 5.10 Å². The van der Waals surface area contributed by atoms with Crippen molar-refractivity contribution in [3.05, 3.63) is 52.5 Å². The minimum atomic E-state index is -1.03. The molecule has 1 fully saturated rings. The second-order valence-corrected chi connectivity index (χ2v) is 5.94. The monoisotopic (exact) mass is 377 g/mol. The van der Waals surface area contributed by atoms with Crippen molar-refractivity contribution < 1.29 is 14.6 Å². The maximum atomic E-state index is 11.3. The van der Waals surface area contributed by atoms with Crippen molar-refractivity contribution in [2.75, 3.05) is 6.61 Å². The fourth-order valence-electron chi connectivity index (χ4n) is 2.62. The van der Waals surface area contributed by atoms with Gasteiger partial charge >= 0.3 is 5.97 Å². The molecule has 3 rings (SSSR count). The van der Waals surface area contributed by atoms with Crippen LogP contribution in [0.15, 0.2) is 41.1 Å². The molecule has 0 spiro atoms. The second-order valence-electron chi connectivity index (χ2n) is 5.23. The van der Waals surface area contributed by atoms with Gasteiger partial charge in [0.15, 0.2) is 12.1 Å². The maximum absolute atomic E-state index is 11.3. The number of aliphatic carboxylic acids is 1. The molecule has 23 heavy (non-hydrogen) atoms. The lowest BCUT2D eigenvalue weighted by atomic mass is 10.0. The maximum Gasteiger partial charge on any atom is 0.329 e. The zero-order valence-corrected chi connectivity index (χ0v) is 13.9. The predicted octanol–water partition coefficient (Wildman–Crippen LogP) is 3.26. The second kappa shape index (κ2) is 7.06. The van der Waals surface area contributed by atoms with E-state index in [1.54, 1.807) is 4.68 Å². The number of rotatable bonds is 4. The number of aromatic nitrogens is 3. The average molecular weight is 378 g/mol. The van der Waals surface area contributed by atoms with E-state index in [1.165, 1.54) is 0 Å². The van der Waals surface area contributed by atoms with Crippen molar-refractivity contribution >= 4 is 27.5 Å². The van der Waals surface area contributed by atoms with E-state index in [0.717, 1.165) is 30.9 Å². The number of halogens is 1. The molecule has 7 heteroatoms. The van der Waals surface area contributed by atoms with E-state index in [1.807, 2.05) is 30.3 Å². The Bertz CT molecular complexity index is 721. The molecular formula is C16H16BrN3O3. The first-order chi connectivity index (χ1) is 11.1. The SMILES string of the molecule is O=C(O)C=C(c1ccccc1)c1nc(Br)nn1C1CCCCO1. The largest absolute Gasteiger partial charge is 0.478 e. The fraction of sp³-hybridized carbons (Fsp3) is 0.312. The number of carboxylic acids is 1. The Kier molecular flexibility index (Phi) is 4.88. The summed E-state index contributed by atoms with van der Waals surface area (Å²) in [6, 6.07) is 9.30. The lowest BCUT2D eigenvalue weighted by Crippen LogP contribution is -2.21. The van der Waals surface area contributed by atoms with Crippen molar-refractivity contribution in [2.45, 2.75) is 25.5 Å². The van der Waals surface area contributed by atoms with Gasteiger partial charge in [0.1, 0.15) is 0 Å². The standard InChI is InChI=1S/C16H16BrN3O3/c17-16-18-15(20(19-16)13-8-4-5-9-23-13)12(10-14(21)22)11-6-2-1-3-7-11/h1-3,6-7,10,13H,4-5,8-9H2,(H,21,22). The Hall–Kier alpha value is -1.99. The zero-order valence-electron chi connectivity index (χ0n) is 12.4. The Morgan fingerprint density at radius 3 is 2.78 bits per heavy atom. The molecule has 120 valence electrons. The number of carboxylic acid groups (broad SMARTS) is 1. The zero-order chi connectivity index (χ0) is 16.2. The molecule has 1 saturated heterocycles. The number of nitrogens with zero attached hydrogens (tertiary/aromatic N) is 3. The molecule has 2 heterocycles. The van der Waals surface area contributed by atoms with Crippen LogP contribution in [0.1, 0.15) is 36.9 Å². The first-order valence-electron chi connectivity index (χ1n) is 7.39. The molecule has 0 aliphatic carbocycles. The summed E-state index contributed by atoms with van der Waals surface area (Å²) in [6.45, 7) is 0.672. The van der Waals surface area contributed by atoms with Crippen LogP contribution >= 0.6 is 15.9 Å². The summed E-state index contributed by atoms with van der Waals surface area (Å²) in [5.41, 5.74) is 1.28. The van der Waals surface area contributed by atoms with Gasteiger partial charge in [-0.2, -0.15) is 0 Å². The molecule has 1 aromatic heterocycles. The van der Waals surface area contributed by atoms with E-state index in [2.05, 4.69) is 26.0 Å².